The largest absolute Gasteiger partial charge is 0.495 e. The number of carbonyl (C=O) groups is 2. The second kappa shape index (κ2) is 16.5. The summed E-state index contributed by atoms with van der Waals surface area (Å²) in [6, 6.07) is 27.2. The minimum atomic E-state index is -4.27. The highest BCUT2D eigenvalue weighted by atomic mass is 35.5. The Balaban J connectivity index is 1.84. The van der Waals surface area contributed by atoms with Crippen LogP contribution in [-0.2, 0) is 32.6 Å². The average Bonchev–Trinajstić information content (AvgIpc) is 3.05. The van der Waals surface area contributed by atoms with Gasteiger partial charge in [-0.1, -0.05) is 91.2 Å². The molecular weight excluding hydrogens is 634 g/mol. The van der Waals surface area contributed by atoms with Gasteiger partial charge in [-0.05, 0) is 73.4 Å². The smallest absolute Gasteiger partial charge is 0.264 e. The van der Waals surface area contributed by atoms with Crippen molar-refractivity contribution in [3.63, 3.8) is 0 Å². The van der Waals surface area contributed by atoms with E-state index in [1.54, 1.807) is 42.5 Å². The molecule has 1 unspecified atom stereocenters. The molecule has 0 heterocycles. The van der Waals surface area contributed by atoms with Gasteiger partial charge in [0.05, 0.1) is 17.7 Å². The number of nitrogens with zero attached hydrogens (tertiary/aromatic N) is 2. The van der Waals surface area contributed by atoms with Crippen molar-refractivity contribution in [1.29, 1.82) is 0 Å². The van der Waals surface area contributed by atoms with Crippen LogP contribution in [0.2, 0.25) is 5.02 Å². The Labute approximate surface area is 283 Å². The lowest BCUT2D eigenvalue weighted by molar-refractivity contribution is -0.140. The number of ether oxygens (including phenoxy) is 1. The van der Waals surface area contributed by atoms with Crippen molar-refractivity contribution in [3.05, 3.63) is 124 Å². The fraction of sp³-hybridized carbons (Fsp3) is 0.297. The van der Waals surface area contributed by atoms with Gasteiger partial charge in [-0.3, -0.25) is 13.9 Å². The van der Waals surface area contributed by atoms with Crippen molar-refractivity contribution < 1.29 is 22.7 Å². The Bertz CT molecular complexity index is 1760. The highest BCUT2D eigenvalue weighted by molar-refractivity contribution is 7.92. The van der Waals surface area contributed by atoms with Crippen LogP contribution in [0.4, 0.5) is 5.69 Å². The van der Waals surface area contributed by atoms with Gasteiger partial charge in [-0.25, -0.2) is 8.42 Å². The summed E-state index contributed by atoms with van der Waals surface area (Å²) in [7, 11) is -2.81. The minimum absolute atomic E-state index is 0.0268. The number of unbranched alkanes of at least 4 members (excludes halogenated alkanes) is 1. The maximum atomic E-state index is 14.7. The molecule has 0 aliphatic rings. The molecule has 0 fully saturated rings. The molecule has 2 amide bonds. The zero-order chi connectivity index (χ0) is 34.0. The number of sulfonamides is 1. The molecule has 8 nitrogen and oxygen atoms in total. The molecule has 0 aromatic heterocycles. The van der Waals surface area contributed by atoms with E-state index < -0.39 is 28.5 Å². The molecule has 0 aliphatic carbocycles. The van der Waals surface area contributed by atoms with E-state index >= 15 is 0 Å². The van der Waals surface area contributed by atoms with Crippen LogP contribution in [0.3, 0.4) is 0 Å². The zero-order valence-electron chi connectivity index (χ0n) is 27.3. The summed E-state index contributed by atoms with van der Waals surface area (Å²) >= 11 is 6.33. The van der Waals surface area contributed by atoms with Crippen molar-refractivity contribution >= 4 is 39.1 Å². The number of benzene rings is 4. The zero-order valence-corrected chi connectivity index (χ0v) is 28.9. The third-order valence-electron chi connectivity index (χ3n) is 7.83. The molecule has 4 aromatic carbocycles. The summed E-state index contributed by atoms with van der Waals surface area (Å²) in [5.74, 6) is -0.590. The highest BCUT2D eigenvalue weighted by Gasteiger charge is 2.35. The van der Waals surface area contributed by atoms with Gasteiger partial charge >= 0.3 is 0 Å². The number of nitrogens with one attached hydrogen (secondary N) is 1. The summed E-state index contributed by atoms with van der Waals surface area (Å²) < 4.78 is 35.4. The van der Waals surface area contributed by atoms with Crippen LogP contribution in [0.25, 0.3) is 0 Å². The van der Waals surface area contributed by atoms with Gasteiger partial charge in [-0.2, -0.15) is 0 Å². The van der Waals surface area contributed by atoms with E-state index in [-0.39, 0.29) is 29.5 Å². The number of hydrogen-bond donors (Lipinski definition) is 1. The Morgan fingerprint density at radius 2 is 1.55 bits per heavy atom. The molecule has 0 aliphatic heterocycles. The van der Waals surface area contributed by atoms with Crippen molar-refractivity contribution in [2.45, 2.75) is 57.5 Å². The number of amides is 2. The summed E-state index contributed by atoms with van der Waals surface area (Å²) in [5.41, 5.74) is 3.45. The fourth-order valence-electron chi connectivity index (χ4n) is 5.24. The van der Waals surface area contributed by atoms with Crippen LogP contribution in [-0.4, -0.2) is 51.4 Å². The molecule has 0 saturated heterocycles. The van der Waals surface area contributed by atoms with E-state index in [1.807, 2.05) is 63.2 Å². The van der Waals surface area contributed by atoms with Gasteiger partial charge in [0.1, 0.15) is 18.3 Å². The molecule has 0 spiro atoms. The Morgan fingerprint density at radius 1 is 0.872 bits per heavy atom. The summed E-state index contributed by atoms with van der Waals surface area (Å²) in [6.45, 7) is 5.64. The van der Waals surface area contributed by atoms with Crippen molar-refractivity contribution in [2.24, 2.45) is 0 Å². The number of methoxy groups -OCH3 is 1. The number of anilines is 1. The second-order valence-electron chi connectivity index (χ2n) is 11.5. The predicted octanol–water partition coefficient (Wildman–Crippen LogP) is 6.72. The standard InChI is InChI=1S/C37H42ClN3O5S/c1-5-6-21-39-37(43)34(24-29-11-8-7-9-12-29)40(25-30-13-10-14-31(38)23-30)36(42)26-41(33-22-28(3)17-20-35(33)46-4)47(44,45)32-18-15-27(2)16-19-32/h7-20,22-23,34H,5-6,21,24-26H2,1-4H3,(H,39,43). The first-order valence-electron chi connectivity index (χ1n) is 15.6. The third kappa shape index (κ3) is 9.36. The van der Waals surface area contributed by atoms with E-state index in [4.69, 9.17) is 16.3 Å². The van der Waals surface area contributed by atoms with Crippen LogP contribution < -0.4 is 14.4 Å². The van der Waals surface area contributed by atoms with Crippen molar-refractivity contribution in [1.82, 2.24) is 10.2 Å². The average molecular weight is 676 g/mol. The lowest BCUT2D eigenvalue weighted by atomic mass is 10.0. The van der Waals surface area contributed by atoms with Crippen LogP contribution in [0.5, 0.6) is 5.75 Å². The Kier molecular flexibility index (Phi) is 12.4. The molecule has 4 rings (SSSR count). The van der Waals surface area contributed by atoms with E-state index in [0.717, 1.165) is 33.8 Å². The van der Waals surface area contributed by atoms with Gasteiger partial charge in [0.2, 0.25) is 11.8 Å². The first-order chi connectivity index (χ1) is 22.5. The first-order valence-corrected chi connectivity index (χ1v) is 17.4. The number of halogens is 1. The van der Waals surface area contributed by atoms with E-state index in [9.17, 15) is 18.0 Å². The van der Waals surface area contributed by atoms with Crippen molar-refractivity contribution in [3.8, 4) is 5.75 Å². The van der Waals surface area contributed by atoms with Crippen molar-refractivity contribution in [2.75, 3.05) is 24.5 Å². The topological polar surface area (TPSA) is 96.0 Å². The van der Waals surface area contributed by atoms with Crippen LogP contribution >= 0.6 is 11.6 Å². The summed E-state index contributed by atoms with van der Waals surface area (Å²) in [4.78, 5) is 30.0. The van der Waals surface area contributed by atoms with Crippen LogP contribution in [0, 0.1) is 13.8 Å². The SMILES string of the molecule is CCCCNC(=O)C(Cc1ccccc1)N(Cc1cccc(Cl)c1)C(=O)CN(c1cc(C)ccc1OC)S(=O)(=O)c1ccc(C)cc1. The molecule has 10 heteroatoms. The molecule has 0 saturated carbocycles. The molecule has 1 N–H and O–H groups in total. The summed E-state index contributed by atoms with van der Waals surface area (Å²) in [6.07, 6.45) is 1.89. The minimum Gasteiger partial charge on any atom is -0.495 e. The monoisotopic (exact) mass is 675 g/mol. The fourth-order valence-corrected chi connectivity index (χ4v) is 6.87. The Morgan fingerprint density at radius 3 is 2.21 bits per heavy atom. The number of carbonyl (C=O) groups excluding carboxylic acids is 2. The van der Waals surface area contributed by atoms with Gasteiger partial charge in [-0.15, -0.1) is 0 Å². The molecule has 1 atom stereocenters. The van der Waals surface area contributed by atoms with Gasteiger partial charge in [0, 0.05) is 24.5 Å². The predicted molar refractivity (Wildman–Crippen MR) is 187 cm³/mol. The van der Waals surface area contributed by atoms with Gasteiger partial charge < -0.3 is 15.0 Å². The molecular formula is C37H42ClN3O5S. The van der Waals surface area contributed by atoms with E-state index in [1.165, 1.54) is 24.1 Å². The molecule has 47 heavy (non-hydrogen) atoms. The highest BCUT2D eigenvalue weighted by Crippen LogP contribution is 2.34. The van der Waals surface area contributed by atoms with Crippen LogP contribution in [0.1, 0.15) is 42.0 Å². The van der Waals surface area contributed by atoms with Gasteiger partial charge in [0.25, 0.3) is 10.0 Å². The third-order valence-corrected chi connectivity index (χ3v) is 9.84. The number of aryl methyl sites for hydroxylation is 2. The lowest BCUT2D eigenvalue weighted by Gasteiger charge is -2.34. The molecule has 4 aromatic rings. The summed E-state index contributed by atoms with van der Waals surface area (Å²) in [5, 5.41) is 3.48. The van der Waals surface area contributed by atoms with Crippen LogP contribution in [0.15, 0.2) is 102 Å². The molecule has 0 bridgehead atoms. The molecule has 248 valence electrons. The normalized spacial score (nSPS) is 11.9. The Hall–Kier alpha value is -4.34. The molecule has 0 radical (unpaired) electrons. The van der Waals surface area contributed by atoms with E-state index in [2.05, 4.69) is 5.32 Å². The van der Waals surface area contributed by atoms with E-state index in [0.29, 0.717) is 22.9 Å². The maximum absolute atomic E-state index is 14.7. The lowest BCUT2D eigenvalue weighted by Crippen LogP contribution is -2.53. The second-order valence-corrected chi connectivity index (χ2v) is 13.8. The van der Waals surface area contributed by atoms with Gasteiger partial charge in [0.15, 0.2) is 0 Å². The number of rotatable bonds is 15. The first kappa shape index (κ1) is 35.5. The maximum Gasteiger partial charge on any atom is 0.264 e. The number of hydrogen-bond acceptors (Lipinski definition) is 5. The quantitative estimate of drug-likeness (QED) is 0.141.